The third kappa shape index (κ3) is 1.28. The zero-order valence-electron chi connectivity index (χ0n) is 8.95. The molecule has 0 amide bonds. The number of hydrogen-bond donors (Lipinski definition) is 1. The summed E-state index contributed by atoms with van der Waals surface area (Å²) in [5.74, 6) is -2.33. The van der Waals surface area contributed by atoms with Crippen LogP contribution in [0.2, 0.25) is 0 Å². The van der Waals surface area contributed by atoms with Crippen molar-refractivity contribution in [3.8, 4) is 0 Å². The van der Waals surface area contributed by atoms with Crippen molar-refractivity contribution >= 4 is 0 Å². The smallest absolute Gasteiger partial charge is 0.256 e. The van der Waals surface area contributed by atoms with Gasteiger partial charge in [0, 0.05) is 13.0 Å². The molecular formula is C11H19F2N. The lowest BCUT2D eigenvalue weighted by Crippen LogP contribution is -2.30. The van der Waals surface area contributed by atoms with E-state index >= 15 is 0 Å². The standard InChI is InChI=1S/C11H19F2N/c1-9(2)4-3-8(5-9)10(7-14)6-11(10,12)13/h8H,3-7,14H2,1-2H3. The monoisotopic (exact) mass is 203 g/mol. The van der Waals surface area contributed by atoms with Crippen molar-refractivity contribution in [2.45, 2.75) is 45.5 Å². The van der Waals surface area contributed by atoms with Gasteiger partial charge in [0.2, 0.25) is 0 Å². The number of nitrogens with two attached hydrogens (primary N) is 1. The van der Waals surface area contributed by atoms with E-state index in [1.807, 2.05) is 0 Å². The van der Waals surface area contributed by atoms with Crippen LogP contribution in [-0.4, -0.2) is 12.5 Å². The molecule has 0 aromatic rings. The van der Waals surface area contributed by atoms with Crippen molar-refractivity contribution in [3.05, 3.63) is 0 Å². The van der Waals surface area contributed by atoms with Crippen LogP contribution < -0.4 is 5.73 Å². The minimum atomic E-state index is -2.48. The van der Waals surface area contributed by atoms with Gasteiger partial charge < -0.3 is 5.73 Å². The molecule has 0 radical (unpaired) electrons. The van der Waals surface area contributed by atoms with Crippen LogP contribution in [0.3, 0.4) is 0 Å². The lowest BCUT2D eigenvalue weighted by atomic mass is 9.83. The first-order valence-corrected chi connectivity index (χ1v) is 5.41. The Labute approximate surface area is 84.0 Å². The Balaban J connectivity index is 2.10. The molecule has 14 heavy (non-hydrogen) atoms. The molecule has 2 fully saturated rings. The molecule has 2 aliphatic rings. The molecule has 0 heterocycles. The van der Waals surface area contributed by atoms with Crippen molar-refractivity contribution in [1.29, 1.82) is 0 Å². The molecule has 2 aliphatic carbocycles. The van der Waals surface area contributed by atoms with Crippen LogP contribution in [0.1, 0.15) is 39.5 Å². The van der Waals surface area contributed by atoms with Gasteiger partial charge in [-0.3, -0.25) is 0 Å². The van der Waals surface area contributed by atoms with E-state index in [0.29, 0.717) is 0 Å². The first kappa shape index (κ1) is 10.3. The van der Waals surface area contributed by atoms with Gasteiger partial charge in [0.25, 0.3) is 5.92 Å². The summed E-state index contributed by atoms with van der Waals surface area (Å²) in [4.78, 5) is 0. The van der Waals surface area contributed by atoms with E-state index in [2.05, 4.69) is 13.8 Å². The van der Waals surface area contributed by atoms with Crippen molar-refractivity contribution < 1.29 is 8.78 Å². The molecular weight excluding hydrogens is 184 g/mol. The summed E-state index contributed by atoms with van der Waals surface area (Å²) in [5.41, 5.74) is 4.94. The second kappa shape index (κ2) is 2.69. The summed E-state index contributed by atoms with van der Waals surface area (Å²) in [6.07, 6.45) is 2.94. The summed E-state index contributed by atoms with van der Waals surface area (Å²) in [7, 11) is 0. The van der Waals surface area contributed by atoms with Crippen molar-refractivity contribution in [3.63, 3.8) is 0 Å². The fourth-order valence-electron chi connectivity index (χ4n) is 3.09. The van der Waals surface area contributed by atoms with Gasteiger partial charge in [-0.15, -0.1) is 0 Å². The number of rotatable bonds is 2. The zero-order chi connectivity index (χ0) is 10.6. The predicted molar refractivity (Wildman–Crippen MR) is 52.2 cm³/mol. The Hall–Kier alpha value is -0.180. The quantitative estimate of drug-likeness (QED) is 0.733. The highest BCUT2D eigenvalue weighted by Crippen LogP contribution is 2.68. The third-order valence-corrected chi connectivity index (χ3v) is 4.26. The van der Waals surface area contributed by atoms with Gasteiger partial charge in [-0.1, -0.05) is 13.8 Å². The average Bonchev–Trinajstić information content (AvgIpc) is 2.43. The second-order valence-electron chi connectivity index (χ2n) is 5.85. The summed E-state index contributed by atoms with van der Waals surface area (Å²) in [6, 6.07) is 0. The minimum Gasteiger partial charge on any atom is -0.330 e. The maximum atomic E-state index is 13.3. The van der Waals surface area contributed by atoms with Crippen LogP contribution in [-0.2, 0) is 0 Å². The average molecular weight is 203 g/mol. The Morgan fingerprint density at radius 1 is 1.36 bits per heavy atom. The highest BCUT2D eigenvalue weighted by molar-refractivity contribution is 5.15. The van der Waals surface area contributed by atoms with E-state index in [4.69, 9.17) is 5.73 Å². The Bertz CT molecular complexity index is 250. The summed E-state index contributed by atoms with van der Waals surface area (Å²) in [5, 5.41) is 0. The van der Waals surface area contributed by atoms with Gasteiger partial charge in [-0.2, -0.15) is 0 Å². The van der Waals surface area contributed by atoms with Crippen LogP contribution in [0.4, 0.5) is 8.78 Å². The number of alkyl halides is 2. The Kier molecular flexibility index (Phi) is 1.98. The van der Waals surface area contributed by atoms with E-state index in [1.165, 1.54) is 0 Å². The lowest BCUT2D eigenvalue weighted by molar-refractivity contribution is 0.0406. The molecule has 2 rings (SSSR count). The van der Waals surface area contributed by atoms with E-state index in [1.54, 1.807) is 0 Å². The first-order valence-electron chi connectivity index (χ1n) is 5.41. The molecule has 0 aliphatic heterocycles. The maximum Gasteiger partial charge on any atom is 0.256 e. The van der Waals surface area contributed by atoms with Crippen molar-refractivity contribution in [1.82, 2.24) is 0 Å². The Morgan fingerprint density at radius 3 is 2.21 bits per heavy atom. The molecule has 0 aromatic carbocycles. The second-order valence-corrected chi connectivity index (χ2v) is 5.85. The lowest BCUT2D eigenvalue weighted by Gasteiger charge is -2.24. The molecule has 2 saturated carbocycles. The summed E-state index contributed by atoms with van der Waals surface area (Å²) < 4.78 is 26.6. The molecule has 2 atom stereocenters. The fourth-order valence-corrected chi connectivity index (χ4v) is 3.09. The molecule has 3 heteroatoms. The molecule has 0 saturated heterocycles. The van der Waals surface area contributed by atoms with Gasteiger partial charge in [0.05, 0.1) is 5.41 Å². The number of halogens is 2. The minimum absolute atomic E-state index is 0.0250. The maximum absolute atomic E-state index is 13.3. The SMILES string of the molecule is CC1(C)CCC(C2(CN)CC2(F)F)C1. The van der Waals surface area contributed by atoms with Gasteiger partial charge in [-0.05, 0) is 30.6 Å². The fraction of sp³-hybridized carbons (Fsp3) is 1.00. The van der Waals surface area contributed by atoms with Crippen LogP contribution in [0, 0.1) is 16.7 Å². The zero-order valence-corrected chi connectivity index (χ0v) is 8.95. The third-order valence-electron chi connectivity index (χ3n) is 4.26. The van der Waals surface area contributed by atoms with E-state index in [-0.39, 0.29) is 24.3 Å². The van der Waals surface area contributed by atoms with E-state index in [0.717, 1.165) is 19.3 Å². The number of hydrogen-bond acceptors (Lipinski definition) is 1. The molecule has 0 spiro atoms. The predicted octanol–water partition coefficient (Wildman–Crippen LogP) is 2.80. The molecule has 2 unspecified atom stereocenters. The van der Waals surface area contributed by atoms with Crippen LogP contribution in [0.15, 0.2) is 0 Å². The summed E-state index contributed by atoms with van der Waals surface area (Å²) >= 11 is 0. The van der Waals surface area contributed by atoms with E-state index in [9.17, 15) is 8.78 Å². The molecule has 0 aromatic heterocycles. The molecule has 1 nitrogen and oxygen atoms in total. The van der Waals surface area contributed by atoms with E-state index < -0.39 is 11.3 Å². The normalized spacial score (nSPS) is 43.9. The van der Waals surface area contributed by atoms with Gasteiger partial charge in [0.15, 0.2) is 0 Å². The molecule has 82 valence electrons. The molecule has 0 bridgehead atoms. The largest absolute Gasteiger partial charge is 0.330 e. The Morgan fingerprint density at radius 2 is 1.93 bits per heavy atom. The van der Waals surface area contributed by atoms with Gasteiger partial charge in [0.1, 0.15) is 0 Å². The highest BCUT2D eigenvalue weighted by atomic mass is 19.3. The van der Waals surface area contributed by atoms with Crippen LogP contribution in [0.25, 0.3) is 0 Å². The van der Waals surface area contributed by atoms with Crippen molar-refractivity contribution in [2.75, 3.05) is 6.54 Å². The highest BCUT2D eigenvalue weighted by Gasteiger charge is 2.73. The van der Waals surface area contributed by atoms with Gasteiger partial charge >= 0.3 is 0 Å². The van der Waals surface area contributed by atoms with Crippen LogP contribution >= 0.6 is 0 Å². The summed E-state index contributed by atoms with van der Waals surface area (Å²) in [6.45, 7) is 4.48. The molecule has 2 N–H and O–H groups in total. The van der Waals surface area contributed by atoms with Gasteiger partial charge in [-0.25, -0.2) is 8.78 Å². The van der Waals surface area contributed by atoms with Crippen LogP contribution in [0.5, 0.6) is 0 Å². The first-order chi connectivity index (χ1) is 6.33. The topological polar surface area (TPSA) is 26.0 Å². The van der Waals surface area contributed by atoms with Crippen molar-refractivity contribution in [2.24, 2.45) is 22.5 Å².